The fourth-order valence-corrected chi connectivity index (χ4v) is 3.78. The number of amides is 1. The zero-order chi connectivity index (χ0) is 18.8. The minimum Gasteiger partial charge on any atom is -0.494 e. The lowest BCUT2D eigenvalue weighted by atomic mass is 9.96. The van der Waals surface area contributed by atoms with Crippen molar-refractivity contribution in [3.63, 3.8) is 0 Å². The number of pyridine rings is 1. The lowest BCUT2D eigenvalue weighted by Crippen LogP contribution is -2.13. The van der Waals surface area contributed by atoms with Crippen molar-refractivity contribution >= 4 is 34.1 Å². The van der Waals surface area contributed by atoms with Gasteiger partial charge in [-0.15, -0.1) is 0 Å². The Morgan fingerprint density at radius 2 is 2.04 bits per heavy atom. The monoisotopic (exact) mass is 384 g/mol. The number of hydrogen-bond donors (Lipinski definition) is 1. The van der Waals surface area contributed by atoms with Crippen LogP contribution in [0.1, 0.15) is 48.5 Å². The van der Waals surface area contributed by atoms with Crippen molar-refractivity contribution in [2.24, 2.45) is 0 Å². The van der Waals surface area contributed by atoms with Gasteiger partial charge in [0, 0.05) is 30.0 Å². The van der Waals surface area contributed by atoms with Gasteiger partial charge in [0.2, 0.25) is 0 Å². The Hall–Kier alpha value is -2.60. The molecule has 2 aromatic heterocycles. The van der Waals surface area contributed by atoms with Gasteiger partial charge in [-0.05, 0) is 25.0 Å². The van der Waals surface area contributed by atoms with E-state index < -0.39 is 0 Å². The Kier molecular flexibility index (Phi) is 4.99. The molecule has 6 nitrogen and oxygen atoms in total. The molecule has 4 rings (SSSR count). The molecule has 0 aliphatic heterocycles. The number of methoxy groups -OCH3 is 1. The Balaban J connectivity index is 1.64. The summed E-state index contributed by atoms with van der Waals surface area (Å²) in [5, 5.41) is 9.01. The van der Waals surface area contributed by atoms with Crippen LogP contribution in [0, 0.1) is 0 Å². The Labute approximate surface area is 162 Å². The molecule has 0 saturated heterocycles. The number of hydrogen-bond acceptors (Lipinski definition) is 4. The molecule has 0 bridgehead atoms. The van der Waals surface area contributed by atoms with Gasteiger partial charge in [0.05, 0.1) is 34.9 Å². The Morgan fingerprint density at radius 3 is 2.78 bits per heavy atom. The first-order chi connectivity index (χ1) is 13.1. The molecular formula is C20H21ClN4O2. The highest BCUT2D eigenvalue weighted by molar-refractivity contribution is 6.30. The summed E-state index contributed by atoms with van der Waals surface area (Å²) in [5.41, 5.74) is 1.85. The molecule has 1 aliphatic carbocycles. The number of nitrogens with zero attached hydrogens (tertiary/aromatic N) is 3. The van der Waals surface area contributed by atoms with Crippen LogP contribution in [0.15, 0.2) is 36.8 Å². The molecule has 1 saturated carbocycles. The lowest BCUT2D eigenvalue weighted by molar-refractivity contribution is 0.102. The number of rotatable bonds is 4. The molecular weight excluding hydrogens is 364 g/mol. The van der Waals surface area contributed by atoms with Crippen molar-refractivity contribution in [1.29, 1.82) is 0 Å². The van der Waals surface area contributed by atoms with Crippen LogP contribution < -0.4 is 10.1 Å². The second-order valence-corrected chi connectivity index (χ2v) is 7.29. The molecule has 0 unspecified atom stereocenters. The highest BCUT2D eigenvalue weighted by Gasteiger charge is 2.18. The van der Waals surface area contributed by atoms with Gasteiger partial charge in [0.15, 0.2) is 0 Å². The lowest BCUT2D eigenvalue weighted by Gasteiger charge is -2.21. The molecule has 2 heterocycles. The maximum absolute atomic E-state index is 12.5. The van der Waals surface area contributed by atoms with Gasteiger partial charge in [-0.2, -0.15) is 5.10 Å². The number of carbonyl (C=O) groups is 1. The number of halogens is 1. The first kappa shape index (κ1) is 17.8. The van der Waals surface area contributed by atoms with Crippen LogP contribution in [0.2, 0.25) is 5.02 Å². The summed E-state index contributed by atoms with van der Waals surface area (Å²) in [5.74, 6) is 0.280. The van der Waals surface area contributed by atoms with Crippen LogP contribution >= 0.6 is 11.6 Å². The summed E-state index contributed by atoms with van der Waals surface area (Å²) in [6.45, 7) is 0. The number of fused-ring (bicyclic) bond motifs is 1. The second kappa shape index (κ2) is 7.56. The minimum atomic E-state index is -0.290. The second-order valence-electron chi connectivity index (χ2n) is 6.86. The van der Waals surface area contributed by atoms with E-state index in [1.54, 1.807) is 13.2 Å². The van der Waals surface area contributed by atoms with Crippen molar-refractivity contribution in [3.8, 4) is 5.75 Å². The summed E-state index contributed by atoms with van der Waals surface area (Å²) in [6, 6.07) is 5.79. The molecule has 1 N–H and O–H groups in total. The van der Waals surface area contributed by atoms with Gasteiger partial charge in [-0.25, -0.2) is 0 Å². The third kappa shape index (κ3) is 3.76. The van der Waals surface area contributed by atoms with Crippen LogP contribution in [-0.2, 0) is 0 Å². The first-order valence-electron chi connectivity index (χ1n) is 9.13. The minimum absolute atomic E-state index is 0.290. The van der Waals surface area contributed by atoms with E-state index in [9.17, 15) is 4.79 Å². The molecule has 0 spiro atoms. The molecule has 140 valence electrons. The fourth-order valence-electron chi connectivity index (χ4n) is 3.60. The van der Waals surface area contributed by atoms with E-state index >= 15 is 0 Å². The van der Waals surface area contributed by atoms with E-state index in [2.05, 4.69) is 21.2 Å². The van der Waals surface area contributed by atoms with Gasteiger partial charge in [-0.1, -0.05) is 30.9 Å². The topological polar surface area (TPSA) is 69.0 Å². The van der Waals surface area contributed by atoms with Crippen molar-refractivity contribution in [2.45, 2.75) is 38.1 Å². The van der Waals surface area contributed by atoms with Crippen molar-refractivity contribution < 1.29 is 9.53 Å². The van der Waals surface area contributed by atoms with E-state index in [0.29, 0.717) is 28.1 Å². The predicted octanol–water partition coefficient (Wildman–Crippen LogP) is 4.85. The van der Waals surface area contributed by atoms with Gasteiger partial charge in [-0.3, -0.25) is 14.5 Å². The smallest absolute Gasteiger partial charge is 0.257 e. The van der Waals surface area contributed by atoms with Crippen LogP contribution in [0.5, 0.6) is 5.75 Å². The summed E-state index contributed by atoms with van der Waals surface area (Å²) < 4.78 is 7.53. The Morgan fingerprint density at radius 1 is 1.22 bits per heavy atom. The van der Waals surface area contributed by atoms with E-state index in [4.69, 9.17) is 21.4 Å². The van der Waals surface area contributed by atoms with E-state index in [1.165, 1.54) is 31.7 Å². The molecule has 3 aromatic rings. The summed E-state index contributed by atoms with van der Waals surface area (Å²) in [7, 11) is 1.58. The maximum Gasteiger partial charge on any atom is 0.257 e. The van der Waals surface area contributed by atoms with E-state index in [-0.39, 0.29) is 5.91 Å². The van der Waals surface area contributed by atoms with E-state index in [1.807, 2.05) is 12.1 Å². The van der Waals surface area contributed by atoms with Crippen molar-refractivity contribution in [1.82, 2.24) is 14.8 Å². The third-order valence-electron chi connectivity index (χ3n) is 5.01. The highest BCUT2D eigenvalue weighted by atomic mass is 35.5. The first-order valence-corrected chi connectivity index (χ1v) is 9.50. The zero-order valence-electron chi connectivity index (χ0n) is 15.1. The highest BCUT2D eigenvalue weighted by Crippen LogP contribution is 2.33. The molecule has 7 heteroatoms. The zero-order valence-corrected chi connectivity index (χ0v) is 15.9. The standard InChI is InChI=1S/C20H21ClN4O2/c1-27-19-9-17-14(12-25(24-17)16-5-3-2-4-6-16)8-18(19)23-20(26)13-7-15(21)11-22-10-13/h7-12,16H,2-6H2,1H3,(H,23,26). The van der Waals surface area contributed by atoms with Gasteiger partial charge >= 0.3 is 0 Å². The molecule has 0 radical (unpaired) electrons. The molecule has 27 heavy (non-hydrogen) atoms. The Bertz CT molecular complexity index is 979. The van der Waals surface area contributed by atoms with Crippen LogP contribution in [-0.4, -0.2) is 27.8 Å². The average molecular weight is 385 g/mol. The number of nitrogens with one attached hydrogen (secondary N) is 1. The molecule has 1 aliphatic rings. The normalized spacial score (nSPS) is 15.0. The average Bonchev–Trinajstić information content (AvgIpc) is 3.11. The SMILES string of the molecule is COc1cc2nn(C3CCCCC3)cc2cc1NC(=O)c1cncc(Cl)c1. The predicted molar refractivity (Wildman–Crippen MR) is 106 cm³/mol. The number of benzene rings is 1. The number of aromatic nitrogens is 3. The van der Waals surface area contributed by atoms with Gasteiger partial charge in [0.25, 0.3) is 5.91 Å². The third-order valence-corrected chi connectivity index (χ3v) is 5.21. The van der Waals surface area contributed by atoms with Crippen LogP contribution in [0.4, 0.5) is 5.69 Å². The molecule has 1 fully saturated rings. The number of anilines is 1. The summed E-state index contributed by atoms with van der Waals surface area (Å²) >= 11 is 5.93. The number of carbonyl (C=O) groups excluding carboxylic acids is 1. The van der Waals surface area contributed by atoms with Crippen molar-refractivity contribution in [3.05, 3.63) is 47.4 Å². The van der Waals surface area contributed by atoms with Gasteiger partial charge in [0.1, 0.15) is 5.75 Å². The fraction of sp³-hybridized carbons (Fsp3) is 0.350. The summed E-state index contributed by atoms with van der Waals surface area (Å²) in [6.07, 6.45) is 11.2. The van der Waals surface area contributed by atoms with Crippen LogP contribution in [0.3, 0.4) is 0 Å². The largest absolute Gasteiger partial charge is 0.494 e. The summed E-state index contributed by atoms with van der Waals surface area (Å²) in [4.78, 5) is 16.5. The van der Waals surface area contributed by atoms with Crippen molar-refractivity contribution in [2.75, 3.05) is 12.4 Å². The quantitative estimate of drug-likeness (QED) is 0.698. The maximum atomic E-state index is 12.5. The number of ether oxygens (including phenoxy) is 1. The van der Waals surface area contributed by atoms with E-state index in [0.717, 1.165) is 23.7 Å². The van der Waals surface area contributed by atoms with Gasteiger partial charge < -0.3 is 10.1 Å². The molecule has 0 atom stereocenters. The molecule has 1 aromatic carbocycles. The van der Waals surface area contributed by atoms with Crippen LogP contribution in [0.25, 0.3) is 10.9 Å². The molecule has 1 amide bonds.